The van der Waals surface area contributed by atoms with Crippen molar-refractivity contribution in [1.82, 2.24) is 0 Å². The van der Waals surface area contributed by atoms with E-state index in [1.54, 1.807) is 0 Å². The van der Waals surface area contributed by atoms with Crippen molar-refractivity contribution in [2.75, 3.05) is 13.2 Å². The molecule has 3 heteroatoms. The number of ether oxygens (including phenoxy) is 2. The molecule has 0 aromatic heterocycles. The number of hydrogen-bond acceptors (Lipinski definition) is 3. The smallest absolute Gasteiger partial charge is 0.157 e. The summed E-state index contributed by atoms with van der Waals surface area (Å²) in [5.41, 5.74) is -0.545. The predicted molar refractivity (Wildman–Crippen MR) is 80.2 cm³/mol. The summed E-state index contributed by atoms with van der Waals surface area (Å²) in [5.74, 6) is 0.570. The minimum Gasteiger partial charge on any atom is -0.390 e. The van der Waals surface area contributed by atoms with E-state index in [9.17, 15) is 5.11 Å². The lowest BCUT2D eigenvalue weighted by Crippen LogP contribution is -2.22. The maximum atomic E-state index is 9.70. The van der Waals surface area contributed by atoms with E-state index in [2.05, 4.69) is 20.8 Å². The maximum absolute atomic E-state index is 9.70. The maximum Gasteiger partial charge on any atom is 0.157 e. The van der Waals surface area contributed by atoms with Crippen LogP contribution in [-0.2, 0) is 9.47 Å². The summed E-state index contributed by atoms with van der Waals surface area (Å²) >= 11 is 0. The molecule has 0 aromatic rings. The van der Waals surface area contributed by atoms with Crippen LogP contribution in [0.1, 0.15) is 73.1 Å². The molecule has 116 valence electrons. The minimum atomic E-state index is -0.545. The third-order valence-corrected chi connectivity index (χ3v) is 3.10. The molecular formula is C16H34O3. The van der Waals surface area contributed by atoms with Crippen molar-refractivity contribution in [2.45, 2.75) is 85.0 Å². The molecule has 0 saturated heterocycles. The predicted octanol–water partition coefficient (Wildman–Crippen LogP) is 4.13. The Bertz CT molecular complexity index is 191. The minimum absolute atomic E-state index is 0.0583. The fourth-order valence-corrected chi connectivity index (χ4v) is 2.01. The highest BCUT2D eigenvalue weighted by Crippen LogP contribution is 2.20. The summed E-state index contributed by atoms with van der Waals surface area (Å²) in [7, 11) is 0. The van der Waals surface area contributed by atoms with Crippen LogP contribution < -0.4 is 0 Å². The Morgan fingerprint density at radius 1 is 1.05 bits per heavy atom. The van der Waals surface area contributed by atoms with Gasteiger partial charge in [-0.3, -0.25) is 0 Å². The highest BCUT2D eigenvalue weighted by atomic mass is 16.7. The Labute approximate surface area is 119 Å². The number of rotatable bonds is 12. The van der Waals surface area contributed by atoms with Crippen LogP contribution in [0.25, 0.3) is 0 Å². The van der Waals surface area contributed by atoms with Gasteiger partial charge in [0.1, 0.15) is 0 Å². The molecule has 0 radical (unpaired) electrons. The summed E-state index contributed by atoms with van der Waals surface area (Å²) in [6.45, 7) is 11.7. The van der Waals surface area contributed by atoms with Gasteiger partial charge < -0.3 is 14.6 Å². The number of aliphatic hydroxyl groups is 1. The summed E-state index contributed by atoms with van der Waals surface area (Å²) in [6.07, 6.45) is 5.97. The van der Waals surface area contributed by atoms with Gasteiger partial charge in [-0.1, -0.05) is 33.6 Å². The van der Waals surface area contributed by atoms with Gasteiger partial charge in [0.2, 0.25) is 0 Å². The molecule has 0 spiro atoms. The van der Waals surface area contributed by atoms with E-state index < -0.39 is 5.60 Å². The average Bonchev–Trinajstić information content (AvgIpc) is 2.31. The van der Waals surface area contributed by atoms with E-state index in [4.69, 9.17) is 9.47 Å². The molecule has 19 heavy (non-hydrogen) atoms. The average molecular weight is 274 g/mol. The zero-order chi connectivity index (χ0) is 14.7. The molecule has 0 aliphatic rings. The second kappa shape index (κ2) is 10.6. The van der Waals surface area contributed by atoms with Crippen molar-refractivity contribution < 1.29 is 14.6 Å². The second-order valence-electron chi connectivity index (χ2n) is 6.22. The van der Waals surface area contributed by atoms with E-state index in [-0.39, 0.29) is 6.29 Å². The van der Waals surface area contributed by atoms with Gasteiger partial charge in [-0.25, -0.2) is 0 Å². The molecular weight excluding hydrogens is 240 g/mol. The van der Waals surface area contributed by atoms with E-state index in [1.165, 1.54) is 0 Å². The Hall–Kier alpha value is -0.120. The van der Waals surface area contributed by atoms with Crippen molar-refractivity contribution >= 4 is 0 Å². The summed E-state index contributed by atoms with van der Waals surface area (Å²) in [6, 6.07) is 0. The summed E-state index contributed by atoms with van der Waals surface area (Å²) in [5, 5.41) is 9.70. The Morgan fingerprint density at radius 2 is 1.58 bits per heavy atom. The SMILES string of the molecule is CCCOC(CC(C)CCCC(C)(C)O)OCCC. The molecule has 1 atom stereocenters. The van der Waals surface area contributed by atoms with Gasteiger partial charge in [-0.2, -0.15) is 0 Å². The lowest BCUT2D eigenvalue weighted by Gasteiger charge is -2.23. The number of hydrogen-bond donors (Lipinski definition) is 1. The lowest BCUT2D eigenvalue weighted by atomic mass is 9.95. The van der Waals surface area contributed by atoms with E-state index >= 15 is 0 Å². The molecule has 1 N–H and O–H groups in total. The molecule has 3 nitrogen and oxygen atoms in total. The molecule has 0 rings (SSSR count). The molecule has 0 heterocycles. The normalized spacial score (nSPS) is 14.1. The van der Waals surface area contributed by atoms with Crippen molar-refractivity contribution in [1.29, 1.82) is 0 Å². The zero-order valence-corrected chi connectivity index (χ0v) is 13.6. The van der Waals surface area contributed by atoms with Gasteiger partial charge in [0.05, 0.1) is 5.60 Å². The first kappa shape index (κ1) is 18.9. The topological polar surface area (TPSA) is 38.7 Å². The standard InChI is InChI=1S/C16H34O3/c1-6-11-18-15(19-12-7-2)13-14(3)9-8-10-16(4,5)17/h14-15,17H,6-13H2,1-5H3. The van der Waals surface area contributed by atoms with Crippen LogP contribution in [0, 0.1) is 5.92 Å². The second-order valence-corrected chi connectivity index (χ2v) is 6.22. The Kier molecular flexibility index (Phi) is 10.6. The van der Waals surface area contributed by atoms with Crippen molar-refractivity contribution in [2.24, 2.45) is 5.92 Å². The molecule has 0 aliphatic carbocycles. The van der Waals surface area contributed by atoms with Crippen LogP contribution in [0.3, 0.4) is 0 Å². The molecule has 0 aromatic carbocycles. The van der Waals surface area contributed by atoms with E-state index in [0.717, 1.165) is 51.7 Å². The molecule has 0 saturated carbocycles. The van der Waals surface area contributed by atoms with Crippen LogP contribution in [0.4, 0.5) is 0 Å². The van der Waals surface area contributed by atoms with Crippen LogP contribution in [0.2, 0.25) is 0 Å². The van der Waals surface area contributed by atoms with Crippen molar-refractivity contribution in [3.8, 4) is 0 Å². The van der Waals surface area contributed by atoms with Gasteiger partial charge in [0, 0.05) is 19.6 Å². The van der Waals surface area contributed by atoms with Gasteiger partial charge in [-0.15, -0.1) is 0 Å². The third-order valence-electron chi connectivity index (χ3n) is 3.10. The molecule has 0 amide bonds. The molecule has 1 unspecified atom stereocenters. The van der Waals surface area contributed by atoms with Gasteiger partial charge in [0.15, 0.2) is 6.29 Å². The zero-order valence-electron chi connectivity index (χ0n) is 13.6. The van der Waals surface area contributed by atoms with E-state index in [0.29, 0.717) is 5.92 Å². The first-order valence-corrected chi connectivity index (χ1v) is 7.84. The van der Waals surface area contributed by atoms with Gasteiger partial charge >= 0.3 is 0 Å². The lowest BCUT2D eigenvalue weighted by molar-refractivity contribution is -0.151. The summed E-state index contributed by atoms with van der Waals surface area (Å²) < 4.78 is 11.5. The molecule has 0 fully saturated rings. The fourth-order valence-electron chi connectivity index (χ4n) is 2.01. The monoisotopic (exact) mass is 274 g/mol. The largest absolute Gasteiger partial charge is 0.390 e. The quantitative estimate of drug-likeness (QED) is 0.544. The van der Waals surface area contributed by atoms with Gasteiger partial charge in [-0.05, 0) is 39.0 Å². The Balaban J connectivity index is 3.89. The fraction of sp³-hybridized carbons (Fsp3) is 1.00. The van der Waals surface area contributed by atoms with Crippen LogP contribution in [0.5, 0.6) is 0 Å². The van der Waals surface area contributed by atoms with Gasteiger partial charge in [0.25, 0.3) is 0 Å². The van der Waals surface area contributed by atoms with Crippen molar-refractivity contribution in [3.63, 3.8) is 0 Å². The first-order chi connectivity index (χ1) is 8.89. The third kappa shape index (κ3) is 12.6. The highest BCUT2D eigenvalue weighted by molar-refractivity contribution is 4.66. The molecule has 0 aliphatic heterocycles. The van der Waals surface area contributed by atoms with Crippen LogP contribution in [0.15, 0.2) is 0 Å². The first-order valence-electron chi connectivity index (χ1n) is 7.84. The molecule has 0 bridgehead atoms. The highest BCUT2D eigenvalue weighted by Gasteiger charge is 2.16. The summed E-state index contributed by atoms with van der Waals surface area (Å²) in [4.78, 5) is 0. The Morgan fingerprint density at radius 3 is 2.00 bits per heavy atom. The van der Waals surface area contributed by atoms with Crippen LogP contribution >= 0.6 is 0 Å². The van der Waals surface area contributed by atoms with E-state index in [1.807, 2.05) is 13.8 Å². The van der Waals surface area contributed by atoms with Crippen molar-refractivity contribution in [3.05, 3.63) is 0 Å². The van der Waals surface area contributed by atoms with Crippen LogP contribution in [-0.4, -0.2) is 30.2 Å².